The van der Waals surface area contributed by atoms with Crippen LogP contribution in [0.3, 0.4) is 0 Å². The molecule has 1 atom stereocenters. The Hall–Kier alpha value is -0.0800. The summed E-state index contributed by atoms with van der Waals surface area (Å²) in [5.74, 6) is 0.878. The monoisotopic (exact) mass is 212 g/mol. The zero-order chi connectivity index (χ0) is 11.3. The van der Waals surface area contributed by atoms with Gasteiger partial charge in [0.05, 0.1) is 0 Å². The standard InChI is InChI=1S/C13H28N2/c1-5-12(10-13(2,3)4)11-15-8-6-14-7-9-15/h12,14H,5-11H2,1-4H3. The molecule has 0 saturated carbocycles. The minimum atomic E-state index is 0.481. The van der Waals surface area contributed by atoms with Gasteiger partial charge in [-0.05, 0) is 17.8 Å². The number of nitrogens with one attached hydrogen (secondary N) is 1. The molecule has 15 heavy (non-hydrogen) atoms. The van der Waals surface area contributed by atoms with Gasteiger partial charge in [0.15, 0.2) is 0 Å². The average Bonchev–Trinajstić information content (AvgIpc) is 2.16. The second-order valence-corrected chi connectivity index (χ2v) is 6.09. The van der Waals surface area contributed by atoms with E-state index in [1.165, 1.54) is 45.6 Å². The zero-order valence-electron chi connectivity index (χ0n) is 11.0. The quantitative estimate of drug-likeness (QED) is 0.769. The van der Waals surface area contributed by atoms with Crippen LogP contribution in [-0.4, -0.2) is 37.6 Å². The minimum Gasteiger partial charge on any atom is -0.314 e. The molecule has 0 aliphatic carbocycles. The van der Waals surface area contributed by atoms with Crippen molar-refractivity contribution >= 4 is 0 Å². The molecule has 90 valence electrons. The fraction of sp³-hybridized carbons (Fsp3) is 1.00. The van der Waals surface area contributed by atoms with Crippen LogP contribution in [0.2, 0.25) is 0 Å². The molecule has 1 heterocycles. The SMILES string of the molecule is CCC(CN1CCNCC1)CC(C)(C)C. The molecule has 1 rings (SSSR count). The van der Waals surface area contributed by atoms with Crippen LogP contribution in [-0.2, 0) is 0 Å². The number of nitrogens with zero attached hydrogens (tertiary/aromatic N) is 1. The average molecular weight is 212 g/mol. The molecule has 1 aliphatic rings. The maximum Gasteiger partial charge on any atom is 0.0107 e. The molecule has 0 bridgehead atoms. The lowest BCUT2D eigenvalue weighted by Crippen LogP contribution is -2.45. The molecule has 0 aromatic rings. The summed E-state index contributed by atoms with van der Waals surface area (Å²) in [7, 11) is 0. The van der Waals surface area contributed by atoms with Gasteiger partial charge in [-0.2, -0.15) is 0 Å². The Morgan fingerprint density at radius 1 is 1.20 bits per heavy atom. The fourth-order valence-corrected chi connectivity index (χ4v) is 2.46. The summed E-state index contributed by atoms with van der Waals surface area (Å²) in [4.78, 5) is 2.62. The van der Waals surface area contributed by atoms with Crippen molar-refractivity contribution in [1.29, 1.82) is 0 Å². The Morgan fingerprint density at radius 3 is 2.27 bits per heavy atom. The molecule has 2 nitrogen and oxygen atoms in total. The van der Waals surface area contributed by atoms with Crippen LogP contribution in [0.15, 0.2) is 0 Å². The van der Waals surface area contributed by atoms with Crippen LogP contribution in [0.1, 0.15) is 40.5 Å². The zero-order valence-corrected chi connectivity index (χ0v) is 11.0. The highest BCUT2D eigenvalue weighted by atomic mass is 15.2. The highest BCUT2D eigenvalue weighted by Crippen LogP contribution is 2.26. The van der Waals surface area contributed by atoms with E-state index in [1.54, 1.807) is 0 Å². The first kappa shape index (κ1) is 13.0. The van der Waals surface area contributed by atoms with Gasteiger partial charge in [-0.1, -0.05) is 34.1 Å². The van der Waals surface area contributed by atoms with Gasteiger partial charge in [0.1, 0.15) is 0 Å². The smallest absolute Gasteiger partial charge is 0.0107 e. The van der Waals surface area contributed by atoms with E-state index in [-0.39, 0.29) is 0 Å². The Labute approximate surface area is 95.4 Å². The van der Waals surface area contributed by atoms with Crippen molar-refractivity contribution < 1.29 is 0 Å². The first-order valence-corrected chi connectivity index (χ1v) is 6.44. The molecule has 0 spiro atoms. The van der Waals surface area contributed by atoms with Crippen molar-refractivity contribution in [3.63, 3.8) is 0 Å². The third kappa shape index (κ3) is 5.53. The molecule has 0 aromatic carbocycles. The number of hydrogen-bond donors (Lipinski definition) is 1. The van der Waals surface area contributed by atoms with E-state index in [0.29, 0.717) is 5.41 Å². The normalized spacial score (nSPS) is 21.6. The van der Waals surface area contributed by atoms with E-state index in [4.69, 9.17) is 0 Å². The first-order chi connectivity index (χ1) is 7.01. The Balaban J connectivity index is 2.31. The maximum absolute atomic E-state index is 3.41. The number of hydrogen-bond acceptors (Lipinski definition) is 2. The molecule has 0 aromatic heterocycles. The summed E-state index contributed by atoms with van der Waals surface area (Å²) in [6, 6.07) is 0. The van der Waals surface area contributed by atoms with Crippen molar-refractivity contribution in [2.75, 3.05) is 32.7 Å². The van der Waals surface area contributed by atoms with Crippen LogP contribution < -0.4 is 5.32 Å². The minimum absolute atomic E-state index is 0.481. The Kier molecular flexibility index (Phi) is 5.07. The third-order valence-corrected chi connectivity index (χ3v) is 3.20. The van der Waals surface area contributed by atoms with Crippen LogP contribution in [0.25, 0.3) is 0 Å². The molecule has 0 amide bonds. The summed E-state index contributed by atoms with van der Waals surface area (Å²) in [5, 5.41) is 3.41. The largest absolute Gasteiger partial charge is 0.314 e. The lowest BCUT2D eigenvalue weighted by Gasteiger charge is -2.33. The van der Waals surface area contributed by atoms with Gasteiger partial charge in [-0.3, -0.25) is 0 Å². The van der Waals surface area contributed by atoms with E-state index >= 15 is 0 Å². The molecule has 1 fully saturated rings. The van der Waals surface area contributed by atoms with Crippen LogP contribution in [0, 0.1) is 11.3 Å². The van der Waals surface area contributed by atoms with Crippen molar-refractivity contribution in [3.05, 3.63) is 0 Å². The van der Waals surface area contributed by atoms with Crippen molar-refractivity contribution in [1.82, 2.24) is 10.2 Å². The van der Waals surface area contributed by atoms with Gasteiger partial charge >= 0.3 is 0 Å². The second-order valence-electron chi connectivity index (χ2n) is 6.09. The van der Waals surface area contributed by atoms with E-state index in [1.807, 2.05) is 0 Å². The predicted molar refractivity (Wildman–Crippen MR) is 67.2 cm³/mol. The first-order valence-electron chi connectivity index (χ1n) is 6.44. The van der Waals surface area contributed by atoms with Gasteiger partial charge in [0, 0.05) is 32.7 Å². The Morgan fingerprint density at radius 2 is 1.80 bits per heavy atom. The molecule has 1 unspecified atom stereocenters. The summed E-state index contributed by atoms with van der Waals surface area (Å²) < 4.78 is 0. The summed E-state index contributed by atoms with van der Waals surface area (Å²) in [5.41, 5.74) is 0.481. The van der Waals surface area contributed by atoms with Crippen molar-refractivity contribution in [2.24, 2.45) is 11.3 Å². The highest BCUT2D eigenvalue weighted by Gasteiger charge is 2.20. The van der Waals surface area contributed by atoms with Gasteiger partial charge in [0.2, 0.25) is 0 Å². The maximum atomic E-state index is 3.41. The van der Waals surface area contributed by atoms with Crippen molar-refractivity contribution in [3.8, 4) is 0 Å². The Bertz CT molecular complexity index is 166. The van der Waals surface area contributed by atoms with Crippen molar-refractivity contribution in [2.45, 2.75) is 40.5 Å². The van der Waals surface area contributed by atoms with Gasteiger partial charge < -0.3 is 10.2 Å². The highest BCUT2D eigenvalue weighted by molar-refractivity contribution is 4.74. The van der Waals surface area contributed by atoms with E-state index in [0.717, 1.165) is 5.92 Å². The number of piperazine rings is 1. The summed E-state index contributed by atoms with van der Waals surface area (Å²) in [6.45, 7) is 15.5. The van der Waals surface area contributed by atoms with Crippen LogP contribution in [0.5, 0.6) is 0 Å². The number of rotatable bonds is 4. The van der Waals surface area contributed by atoms with Gasteiger partial charge in [-0.15, -0.1) is 0 Å². The lowest BCUT2D eigenvalue weighted by atomic mass is 9.83. The topological polar surface area (TPSA) is 15.3 Å². The van der Waals surface area contributed by atoms with E-state index < -0.39 is 0 Å². The fourth-order valence-electron chi connectivity index (χ4n) is 2.46. The van der Waals surface area contributed by atoms with Crippen LogP contribution >= 0.6 is 0 Å². The second kappa shape index (κ2) is 5.86. The molecule has 1 saturated heterocycles. The van der Waals surface area contributed by atoms with Gasteiger partial charge in [0.25, 0.3) is 0 Å². The lowest BCUT2D eigenvalue weighted by molar-refractivity contribution is 0.172. The summed E-state index contributed by atoms with van der Waals surface area (Å²) >= 11 is 0. The molecule has 0 radical (unpaired) electrons. The predicted octanol–water partition coefficient (Wildman–Crippen LogP) is 2.35. The molecule has 2 heteroatoms. The van der Waals surface area contributed by atoms with E-state index in [9.17, 15) is 0 Å². The molecular formula is C13H28N2. The summed E-state index contributed by atoms with van der Waals surface area (Å²) in [6.07, 6.45) is 2.68. The van der Waals surface area contributed by atoms with E-state index in [2.05, 4.69) is 37.9 Å². The molecule has 1 aliphatic heterocycles. The molecular weight excluding hydrogens is 184 g/mol. The van der Waals surface area contributed by atoms with Crippen LogP contribution in [0.4, 0.5) is 0 Å². The molecule has 1 N–H and O–H groups in total. The third-order valence-electron chi connectivity index (χ3n) is 3.20. The van der Waals surface area contributed by atoms with Gasteiger partial charge in [-0.25, -0.2) is 0 Å².